The quantitative estimate of drug-likeness (QED) is 0.518. The second-order valence-electron chi connectivity index (χ2n) is 0. The first-order valence-electron chi connectivity index (χ1n) is 0.204. The van der Waals surface area contributed by atoms with Crippen LogP contribution in [0.15, 0.2) is 0 Å². The van der Waals surface area contributed by atoms with E-state index >= 15 is 0 Å². The molecule has 0 aromatic rings. The Morgan fingerprint density at radius 1 is 1.25 bits per heavy atom. The molecule has 0 heterocycles. The molecule has 0 fully saturated rings. The molecule has 0 aromatic carbocycles. The van der Waals surface area contributed by atoms with Gasteiger partial charge in [-0.15, -0.1) is 0 Å². The summed E-state index contributed by atoms with van der Waals surface area (Å²) in [5.74, 6) is 0. The molecule has 0 N–H and O–H groups in total. The van der Waals surface area contributed by atoms with Gasteiger partial charge in [0.1, 0.15) is 0 Å². The summed E-state index contributed by atoms with van der Waals surface area (Å²) in [5, 5.41) is 0. The predicted octanol–water partition coefficient (Wildman–Crippen LogP) is -0.119. The maximum atomic E-state index is 8.39. The summed E-state index contributed by atoms with van der Waals surface area (Å²) < 4.78 is 8.39. The molecule has 0 bridgehead atoms. The Morgan fingerprint density at radius 3 is 1.25 bits per heavy atom. The molecule has 0 unspecified atom stereocenters. The van der Waals surface area contributed by atoms with Crippen molar-refractivity contribution in [3.05, 3.63) is 0 Å². The van der Waals surface area contributed by atoms with E-state index in [-0.39, 0.29) is 117 Å². The normalized spacial score (nSPS) is 0.750. The van der Waals surface area contributed by atoms with Gasteiger partial charge in [0.15, 0.2) is 0 Å². The fourth-order valence-corrected chi connectivity index (χ4v) is 0. The van der Waals surface area contributed by atoms with E-state index in [1.165, 1.54) is 0 Å². The molecule has 0 amide bonds. The van der Waals surface area contributed by atoms with Crippen molar-refractivity contribution in [3.63, 3.8) is 0 Å². The average molecular weight is 436 g/mol. The van der Waals surface area contributed by atoms with Crippen LogP contribution in [0.25, 0.3) is 0 Å². The Bertz CT molecular complexity index is 8.00. The first-order valence-corrected chi connectivity index (χ1v) is 1.49. The van der Waals surface area contributed by atoms with E-state index < -0.39 is 0 Å². The monoisotopic (exact) mass is 436 g/mol. The van der Waals surface area contributed by atoms with Crippen LogP contribution in [0.1, 0.15) is 0 Å². The molecule has 0 atom stereocenters. The van der Waals surface area contributed by atoms with Gasteiger partial charge in [0.05, 0.1) is 0 Å². The van der Waals surface area contributed by atoms with Crippen LogP contribution in [0.3, 0.4) is 0 Å². The van der Waals surface area contributed by atoms with Gasteiger partial charge < -0.3 is 0 Å². The molecule has 0 aromatic heterocycles. The fraction of sp³-hybridized carbons (Fsp3) is 0. The van der Waals surface area contributed by atoms with Crippen LogP contribution >= 0.6 is 0 Å². The predicted molar refractivity (Wildman–Crippen MR) is 0.686 cm³/mol. The Labute approximate surface area is 114 Å². The minimum absolute atomic E-state index is 0. The largest absolute Gasteiger partial charge is 0 e. The second kappa shape index (κ2) is 15.9. The zero-order valence-corrected chi connectivity index (χ0v) is 12.5. The molecule has 0 aliphatic heterocycles. The minimum atomic E-state index is 0. The summed E-state index contributed by atoms with van der Waals surface area (Å²) in [6.45, 7) is 0. The van der Waals surface area contributed by atoms with Gasteiger partial charge in [-0.2, -0.15) is 0 Å². The first-order chi connectivity index (χ1) is 1.00. The van der Waals surface area contributed by atoms with Crippen molar-refractivity contribution in [2.45, 2.75) is 0 Å². The summed E-state index contributed by atoms with van der Waals surface area (Å²) >= 11 is 0.0556. The Hall–Kier alpha value is 3.74. The summed E-state index contributed by atoms with van der Waals surface area (Å²) in [5.41, 5.74) is 0. The molecule has 0 saturated carbocycles. The molecule has 1 nitrogen and oxygen atoms in total. The van der Waals surface area contributed by atoms with Crippen LogP contribution in [-0.4, -0.2) is 0 Å². The van der Waals surface area contributed by atoms with E-state index in [9.17, 15) is 0 Å². The summed E-state index contributed by atoms with van der Waals surface area (Å²) in [6.07, 6.45) is 0. The molecule has 16 valence electrons. The molecular formula is CeLaOPr. The van der Waals surface area contributed by atoms with Crippen LogP contribution in [0.5, 0.6) is 0 Å². The van der Waals surface area contributed by atoms with Crippen molar-refractivity contribution in [1.82, 2.24) is 0 Å². The van der Waals surface area contributed by atoms with Gasteiger partial charge in [-0.1, -0.05) is 0 Å². The molecule has 4 heavy (non-hydrogen) atoms. The molecule has 4 heteroatoms. The minimum Gasteiger partial charge on any atom is 0 e. The van der Waals surface area contributed by atoms with Crippen LogP contribution in [0.2, 0.25) is 0 Å². The zero-order valence-electron chi connectivity index (χ0n) is 2.06. The number of hydrogen-bond donors (Lipinski definition) is 0. The van der Waals surface area contributed by atoms with Crippen molar-refractivity contribution in [3.8, 4) is 0 Å². The third kappa shape index (κ3) is 9.22. The average Bonchev–Trinajstić information content (AvgIpc) is 1.00. The van der Waals surface area contributed by atoms with Gasteiger partial charge >= 0.3 is 40.7 Å². The standard InChI is InChI=1S/Ce.La.O.Pr. The van der Waals surface area contributed by atoms with Crippen molar-refractivity contribution in [2.24, 2.45) is 0 Å². The first kappa shape index (κ1) is 15.6. The summed E-state index contributed by atoms with van der Waals surface area (Å²) in [4.78, 5) is 0. The smallest absolute Gasteiger partial charge is 0 e. The maximum absolute atomic E-state index is 8.39. The third-order valence-corrected chi connectivity index (χ3v) is 0. The zero-order chi connectivity index (χ0) is 2.00. The molecular weight excluding hydrogens is 436 g/mol. The van der Waals surface area contributed by atoms with E-state index in [1.807, 2.05) is 0 Å². The van der Waals surface area contributed by atoms with E-state index in [0.29, 0.717) is 0 Å². The Morgan fingerprint density at radius 2 is 1.25 bits per heavy atom. The molecule has 0 aliphatic carbocycles. The Kier molecular flexibility index (Phi) is 62.1. The molecule has 0 spiro atoms. The van der Waals surface area contributed by atoms with E-state index in [2.05, 4.69) is 0 Å². The summed E-state index contributed by atoms with van der Waals surface area (Å²) in [7, 11) is 0. The maximum Gasteiger partial charge on any atom is 0 e. The Balaban J connectivity index is -0.00000000500. The van der Waals surface area contributed by atoms with E-state index in [4.69, 9.17) is 0.938 Å². The van der Waals surface area contributed by atoms with Gasteiger partial charge in [0, 0.05) is 76.9 Å². The van der Waals surface area contributed by atoms with Gasteiger partial charge in [-0.3, -0.25) is 0 Å². The van der Waals surface area contributed by atoms with Crippen LogP contribution in [-0.2, 0) is 0.938 Å². The van der Waals surface area contributed by atoms with Gasteiger partial charge in [-0.05, 0) is 0 Å². The summed E-state index contributed by atoms with van der Waals surface area (Å²) in [6, 6.07) is 0. The van der Waals surface area contributed by atoms with Crippen LogP contribution in [0, 0.1) is 117 Å². The third-order valence-electron chi connectivity index (χ3n) is 0. The van der Waals surface area contributed by atoms with Crippen molar-refractivity contribution >= 4 is 0 Å². The SMILES string of the molecule is [La].[O]=[Ce].[Pr]. The van der Waals surface area contributed by atoms with Crippen molar-refractivity contribution in [2.75, 3.05) is 0 Å². The van der Waals surface area contributed by atoms with Gasteiger partial charge in [0.25, 0.3) is 0 Å². The molecule has 2 radical (unpaired) electrons. The van der Waals surface area contributed by atoms with Gasteiger partial charge in [-0.25, -0.2) is 0 Å². The van der Waals surface area contributed by atoms with Crippen molar-refractivity contribution < 1.29 is 118 Å². The molecule has 0 aliphatic rings. The van der Waals surface area contributed by atoms with Crippen molar-refractivity contribution in [1.29, 1.82) is 0 Å². The second-order valence-corrected chi connectivity index (χ2v) is 0. The van der Waals surface area contributed by atoms with E-state index in [1.54, 1.807) is 0 Å². The fourth-order valence-electron chi connectivity index (χ4n) is 0. The number of rotatable bonds is 0. The van der Waals surface area contributed by atoms with E-state index in [0.717, 1.165) is 0 Å². The number of hydrogen-bond acceptors (Lipinski definition) is 1. The topological polar surface area (TPSA) is 17.1 Å². The molecule has 0 saturated heterocycles. The van der Waals surface area contributed by atoms with Gasteiger partial charge in [0.2, 0.25) is 0 Å². The molecule has 0 rings (SSSR count). The van der Waals surface area contributed by atoms with Crippen LogP contribution in [0.4, 0.5) is 0 Å². The van der Waals surface area contributed by atoms with Crippen LogP contribution < -0.4 is 0 Å².